The van der Waals surface area contributed by atoms with Crippen molar-refractivity contribution in [1.29, 1.82) is 0 Å². The molecule has 1 atom stereocenters. The van der Waals surface area contributed by atoms with Gasteiger partial charge in [-0.3, -0.25) is 19.7 Å². The molecule has 1 spiro atoms. The van der Waals surface area contributed by atoms with Crippen LogP contribution in [0.2, 0.25) is 0 Å². The summed E-state index contributed by atoms with van der Waals surface area (Å²) in [7, 11) is 0. The van der Waals surface area contributed by atoms with Crippen LogP contribution in [0.4, 0.5) is 11.4 Å². The van der Waals surface area contributed by atoms with Gasteiger partial charge in [0, 0.05) is 17.8 Å². The Morgan fingerprint density at radius 1 is 1.22 bits per heavy atom. The molecule has 1 heterocycles. The first-order valence-electron chi connectivity index (χ1n) is 7.77. The third-order valence-corrected chi connectivity index (χ3v) is 4.69. The number of ether oxygens (including phenoxy) is 1. The topological polar surface area (TPSA) is 98.5 Å². The Kier molecular flexibility index (Phi) is 4.02. The minimum atomic E-state index is -0.666. The number of nitro benzene ring substituents is 1. The molecular formula is C16H18N2O5. The van der Waals surface area contributed by atoms with E-state index in [9.17, 15) is 19.7 Å². The van der Waals surface area contributed by atoms with Gasteiger partial charge in [0.15, 0.2) is 0 Å². The van der Waals surface area contributed by atoms with Crippen molar-refractivity contribution >= 4 is 23.3 Å². The third-order valence-electron chi connectivity index (χ3n) is 4.69. The van der Waals surface area contributed by atoms with E-state index in [4.69, 9.17) is 4.74 Å². The van der Waals surface area contributed by atoms with E-state index in [0.29, 0.717) is 5.69 Å². The van der Waals surface area contributed by atoms with Crippen molar-refractivity contribution in [2.24, 2.45) is 5.92 Å². The molecule has 0 unspecified atom stereocenters. The molecule has 1 aromatic carbocycles. The summed E-state index contributed by atoms with van der Waals surface area (Å²) in [5.41, 5.74) is -0.225. The van der Waals surface area contributed by atoms with Gasteiger partial charge in [-0.15, -0.1) is 0 Å². The minimum Gasteiger partial charge on any atom is -0.458 e. The fourth-order valence-electron chi connectivity index (χ4n) is 3.52. The van der Waals surface area contributed by atoms with Gasteiger partial charge in [0.25, 0.3) is 5.69 Å². The summed E-state index contributed by atoms with van der Waals surface area (Å²) in [6, 6.07) is 5.65. The number of hydrogen-bond acceptors (Lipinski definition) is 5. The van der Waals surface area contributed by atoms with Crippen LogP contribution in [-0.4, -0.2) is 22.4 Å². The summed E-state index contributed by atoms with van der Waals surface area (Å²) < 4.78 is 5.52. The van der Waals surface area contributed by atoms with Gasteiger partial charge in [-0.1, -0.05) is 6.42 Å². The van der Waals surface area contributed by atoms with E-state index < -0.39 is 16.4 Å². The number of benzene rings is 1. The van der Waals surface area contributed by atoms with Crippen molar-refractivity contribution in [3.63, 3.8) is 0 Å². The molecule has 0 aromatic heterocycles. The number of non-ortho nitro benzene ring substituents is 1. The van der Waals surface area contributed by atoms with Crippen LogP contribution in [0.5, 0.6) is 0 Å². The second kappa shape index (κ2) is 5.98. The van der Waals surface area contributed by atoms with Crippen molar-refractivity contribution in [2.45, 2.75) is 44.1 Å². The number of nitrogens with one attached hydrogen (secondary N) is 1. The number of nitrogens with zero attached hydrogens (tertiary/aromatic N) is 1. The van der Waals surface area contributed by atoms with Crippen molar-refractivity contribution in [3.05, 3.63) is 34.4 Å². The number of nitro groups is 1. The van der Waals surface area contributed by atoms with Crippen LogP contribution in [0.3, 0.4) is 0 Å². The molecule has 1 amide bonds. The zero-order valence-corrected chi connectivity index (χ0v) is 12.6. The lowest BCUT2D eigenvalue weighted by molar-refractivity contribution is -0.384. The van der Waals surface area contributed by atoms with Crippen LogP contribution < -0.4 is 5.32 Å². The molecule has 1 saturated heterocycles. The highest BCUT2D eigenvalue weighted by Crippen LogP contribution is 2.44. The molecule has 23 heavy (non-hydrogen) atoms. The predicted octanol–water partition coefficient (Wildman–Crippen LogP) is 2.80. The second-order valence-corrected chi connectivity index (χ2v) is 6.15. The average Bonchev–Trinajstić information content (AvgIpc) is 2.84. The maximum absolute atomic E-state index is 12.6. The van der Waals surface area contributed by atoms with Crippen molar-refractivity contribution in [3.8, 4) is 0 Å². The van der Waals surface area contributed by atoms with Gasteiger partial charge in [-0.25, -0.2) is 0 Å². The van der Waals surface area contributed by atoms with Gasteiger partial charge in [0.05, 0.1) is 17.3 Å². The molecule has 1 aliphatic carbocycles. The zero-order chi connectivity index (χ0) is 16.4. The van der Waals surface area contributed by atoms with Crippen LogP contribution in [0.25, 0.3) is 0 Å². The number of esters is 1. The lowest BCUT2D eigenvalue weighted by atomic mass is 9.75. The summed E-state index contributed by atoms with van der Waals surface area (Å²) in [6.07, 6.45) is 4.53. The van der Waals surface area contributed by atoms with Crippen LogP contribution >= 0.6 is 0 Å². The molecule has 2 fully saturated rings. The van der Waals surface area contributed by atoms with E-state index >= 15 is 0 Å². The van der Waals surface area contributed by atoms with Crippen LogP contribution in [-0.2, 0) is 14.3 Å². The van der Waals surface area contributed by atoms with Gasteiger partial charge in [0.1, 0.15) is 5.60 Å². The smallest absolute Gasteiger partial charge is 0.307 e. The molecule has 1 saturated carbocycles. The Morgan fingerprint density at radius 2 is 1.87 bits per heavy atom. The monoisotopic (exact) mass is 318 g/mol. The van der Waals surface area contributed by atoms with Gasteiger partial charge >= 0.3 is 5.97 Å². The van der Waals surface area contributed by atoms with Crippen molar-refractivity contribution < 1.29 is 19.2 Å². The van der Waals surface area contributed by atoms with Crippen LogP contribution in [0, 0.1) is 16.0 Å². The fraction of sp³-hybridized carbons (Fsp3) is 0.500. The standard InChI is InChI=1S/C16H18N2O5/c19-14-10-13(16(23-14)8-2-1-3-9-16)15(20)17-11-4-6-12(7-5-11)18(21)22/h4-7,13H,1-3,8-10H2,(H,17,20)/t13-/m1/s1. The maximum Gasteiger partial charge on any atom is 0.307 e. The Hall–Kier alpha value is -2.44. The first kappa shape index (κ1) is 15.5. The van der Waals surface area contributed by atoms with E-state index in [1.54, 1.807) is 0 Å². The van der Waals surface area contributed by atoms with Gasteiger partial charge in [-0.2, -0.15) is 0 Å². The van der Waals surface area contributed by atoms with Gasteiger partial charge in [0.2, 0.25) is 5.91 Å². The molecule has 122 valence electrons. The highest BCUT2D eigenvalue weighted by molar-refractivity contribution is 5.97. The first-order valence-corrected chi connectivity index (χ1v) is 7.77. The molecule has 3 rings (SSSR count). The largest absolute Gasteiger partial charge is 0.458 e. The molecule has 1 N–H and O–H groups in total. The molecule has 1 aliphatic heterocycles. The number of carbonyl (C=O) groups excluding carboxylic acids is 2. The highest BCUT2D eigenvalue weighted by Gasteiger charge is 2.52. The van der Waals surface area contributed by atoms with Crippen LogP contribution in [0.1, 0.15) is 38.5 Å². The number of carbonyl (C=O) groups is 2. The maximum atomic E-state index is 12.6. The lowest BCUT2D eigenvalue weighted by Crippen LogP contribution is -2.43. The van der Waals surface area contributed by atoms with E-state index in [-0.39, 0.29) is 24.0 Å². The fourth-order valence-corrected chi connectivity index (χ4v) is 3.52. The zero-order valence-electron chi connectivity index (χ0n) is 12.6. The summed E-state index contributed by atoms with van der Waals surface area (Å²) in [6.45, 7) is 0. The van der Waals surface area contributed by atoms with E-state index in [2.05, 4.69) is 5.32 Å². The molecule has 2 aliphatic rings. The summed E-state index contributed by atoms with van der Waals surface area (Å²) in [5, 5.41) is 13.4. The number of anilines is 1. The second-order valence-electron chi connectivity index (χ2n) is 6.15. The summed E-state index contributed by atoms with van der Waals surface area (Å²) >= 11 is 0. The predicted molar refractivity (Wildman–Crippen MR) is 81.7 cm³/mol. The lowest BCUT2D eigenvalue weighted by Gasteiger charge is -2.36. The van der Waals surface area contributed by atoms with Crippen molar-refractivity contribution in [2.75, 3.05) is 5.32 Å². The Balaban J connectivity index is 1.73. The Morgan fingerprint density at radius 3 is 2.48 bits per heavy atom. The summed E-state index contributed by atoms with van der Waals surface area (Å²) in [4.78, 5) is 34.5. The first-order chi connectivity index (χ1) is 11.0. The minimum absolute atomic E-state index is 0.0360. The molecule has 0 radical (unpaired) electrons. The molecule has 1 aromatic rings. The normalized spacial score (nSPS) is 22.6. The van der Waals surface area contributed by atoms with Crippen LogP contribution in [0.15, 0.2) is 24.3 Å². The SMILES string of the molecule is O=C1C[C@H](C(=O)Nc2ccc([N+](=O)[O-])cc2)C2(CCCCC2)O1. The molecule has 7 nitrogen and oxygen atoms in total. The quantitative estimate of drug-likeness (QED) is 0.525. The molecule has 7 heteroatoms. The Labute approximate surface area is 133 Å². The number of rotatable bonds is 3. The third kappa shape index (κ3) is 3.04. The van der Waals surface area contributed by atoms with Gasteiger partial charge < -0.3 is 10.1 Å². The van der Waals surface area contributed by atoms with E-state index in [1.165, 1.54) is 24.3 Å². The highest BCUT2D eigenvalue weighted by atomic mass is 16.6. The average molecular weight is 318 g/mol. The number of amides is 1. The number of hydrogen-bond donors (Lipinski definition) is 1. The van der Waals surface area contributed by atoms with Gasteiger partial charge in [-0.05, 0) is 37.8 Å². The Bertz CT molecular complexity index is 634. The molecular weight excluding hydrogens is 300 g/mol. The van der Waals surface area contributed by atoms with E-state index in [1.807, 2.05) is 0 Å². The summed E-state index contributed by atoms with van der Waals surface area (Å²) in [5.74, 6) is -1.08. The molecule has 0 bridgehead atoms. The van der Waals surface area contributed by atoms with Crippen molar-refractivity contribution in [1.82, 2.24) is 0 Å². The van der Waals surface area contributed by atoms with E-state index in [0.717, 1.165) is 32.1 Å².